The Morgan fingerprint density at radius 2 is 2.00 bits per heavy atom. The van der Waals surface area contributed by atoms with Crippen molar-refractivity contribution >= 4 is 51.9 Å². The van der Waals surface area contributed by atoms with Gasteiger partial charge in [0.1, 0.15) is 10.8 Å². The number of hydrogen-bond donors (Lipinski definition) is 4. The van der Waals surface area contributed by atoms with Crippen LogP contribution in [0.2, 0.25) is 5.02 Å². The summed E-state index contributed by atoms with van der Waals surface area (Å²) in [7, 11) is 1.59. The third kappa shape index (κ3) is 7.72. The first-order valence-corrected chi connectivity index (χ1v) is 15.0. The molecule has 1 unspecified atom stereocenters. The number of ether oxygens (including phenoxy) is 1. The summed E-state index contributed by atoms with van der Waals surface area (Å²) in [5.74, 6) is 1.35. The van der Waals surface area contributed by atoms with E-state index in [-0.39, 0.29) is 24.4 Å². The summed E-state index contributed by atoms with van der Waals surface area (Å²) >= 11 is 4.14. The van der Waals surface area contributed by atoms with Gasteiger partial charge >= 0.3 is 0 Å². The van der Waals surface area contributed by atoms with E-state index in [0.717, 1.165) is 36.8 Å². The lowest BCUT2D eigenvalue weighted by molar-refractivity contribution is -0.117. The van der Waals surface area contributed by atoms with Crippen molar-refractivity contribution in [2.75, 3.05) is 36.1 Å². The van der Waals surface area contributed by atoms with E-state index in [0.29, 0.717) is 53.5 Å². The number of fused-ring (bicyclic) bond motifs is 1. The number of nitrogens with zero attached hydrogens (tertiary/aromatic N) is 3. The van der Waals surface area contributed by atoms with E-state index < -0.39 is 11.3 Å². The summed E-state index contributed by atoms with van der Waals surface area (Å²) in [4.78, 5) is 23.8. The molecule has 2 aromatic carbocycles. The Bertz CT molecular complexity index is 1400. The number of anilines is 4. The van der Waals surface area contributed by atoms with Crippen LogP contribution in [0.1, 0.15) is 36.8 Å². The molecule has 41 heavy (non-hydrogen) atoms. The van der Waals surface area contributed by atoms with E-state index in [2.05, 4.69) is 35.5 Å². The van der Waals surface area contributed by atoms with Crippen LogP contribution in [0.4, 0.5) is 23.1 Å². The molecule has 1 fully saturated rings. The van der Waals surface area contributed by atoms with Gasteiger partial charge in [-0.15, -0.1) is 0 Å². The fraction of sp³-hybridized carbons (Fsp3) is 0.393. The van der Waals surface area contributed by atoms with Gasteiger partial charge in [-0.25, -0.2) is 9.71 Å². The normalized spacial score (nSPS) is 19.9. The Balaban J connectivity index is 1.34. The smallest absolute Gasteiger partial charge is 0.238 e. The number of nitrogens with one attached hydrogen (secondary N) is 4. The van der Waals surface area contributed by atoms with Crippen LogP contribution in [-0.2, 0) is 29.2 Å². The number of aromatic nitrogens is 2. The largest absolute Gasteiger partial charge is 0.760 e. The summed E-state index contributed by atoms with van der Waals surface area (Å²) in [6.07, 6.45) is 5.36. The zero-order chi connectivity index (χ0) is 28.8. The first kappa shape index (κ1) is 29.2. The SMILES string of the molecule is COc1cc2c(cc1Nc1ncc(Cl)c(N[C@@H]3CCCC[C@@H]3CNS(=O)[O-])n1)NC(=O)CN(Cc1ccccc1)C2. The Morgan fingerprint density at radius 1 is 1.20 bits per heavy atom. The van der Waals surface area contributed by atoms with Crippen LogP contribution >= 0.6 is 11.6 Å². The summed E-state index contributed by atoms with van der Waals surface area (Å²) in [6, 6.07) is 13.8. The lowest BCUT2D eigenvalue weighted by Gasteiger charge is -2.33. The highest BCUT2D eigenvalue weighted by Crippen LogP contribution is 2.36. The van der Waals surface area contributed by atoms with Gasteiger partial charge in [0.2, 0.25) is 11.9 Å². The highest BCUT2D eigenvalue weighted by Gasteiger charge is 2.26. The Labute approximate surface area is 246 Å². The molecule has 1 aliphatic heterocycles. The van der Waals surface area contributed by atoms with Gasteiger partial charge in [-0.3, -0.25) is 13.9 Å². The van der Waals surface area contributed by atoms with Gasteiger partial charge in [0.05, 0.1) is 25.5 Å². The van der Waals surface area contributed by atoms with Crippen LogP contribution in [-0.4, -0.2) is 55.8 Å². The monoisotopic (exact) mass is 598 g/mol. The molecule has 1 aliphatic carbocycles. The van der Waals surface area contributed by atoms with Crippen molar-refractivity contribution < 1.29 is 18.3 Å². The summed E-state index contributed by atoms with van der Waals surface area (Å²) < 4.78 is 30.3. The van der Waals surface area contributed by atoms with Crippen LogP contribution < -0.4 is 25.4 Å². The number of hydrogen-bond acceptors (Lipinski definition) is 9. The van der Waals surface area contributed by atoms with Crippen molar-refractivity contribution in [1.29, 1.82) is 0 Å². The second-order valence-corrected chi connectivity index (χ2v) is 11.4. The fourth-order valence-electron chi connectivity index (χ4n) is 5.42. The zero-order valence-electron chi connectivity index (χ0n) is 22.7. The Morgan fingerprint density at radius 3 is 2.78 bits per heavy atom. The molecule has 3 atom stereocenters. The highest BCUT2D eigenvalue weighted by molar-refractivity contribution is 7.77. The number of methoxy groups -OCH3 is 1. The molecule has 0 bridgehead atoms. The number of rotatable bonds is 10. The standard InChI is InChI=1S/C28H34ClN7O4S/c1-40-25-11-20-16-36(15-18-7-3-2-4-8-18)17-26(37)32-23(20)12-24(25)34-28-30-14-21(29)27(35-28)33-22-10-6-5-9-19(22)13-31-41(38)39/h2-4,7-8,11-12,14,19,22,31H,5-6,9-10,13,15-17H2,1H3,(H,32,37)(H,38,39)(H2,30,33,34,35)/p-1/t19-,22-/m1/s1. The van der Waals surface area contributed by atoms with E-state index >= 15 is 0 Å². The van der Waals surface area contributed by atoms with Crippen molar-refractivity contribution in [3.8, 4) is 5.75 Å². The van der Waals surface area contributed by atoms with Crippen LogP contribution in [0.15, 0.2) is 48.7 Å². The number of halogens is 1. The molecule has 2 heterocycles. The van der Waals surface area contributed by atoms with Crippen molar-refractivity contribution in [2.24, 2.45) is 5.92 Å². The van der Waals surface area contributed by atoms with Crippen molar-refractivity contribution in [3.05, 3.63) is 64.8 Å². The van der Waals surface area contributed by atoms with Gasteiger partial charge in [-0.1, -0.05) is 54.8 Å². The maximum absolute atomic E-state index is 12.8. The topological polar surface area (TPSA) is 144 Å². The Kier molecular flexibility index (Phi) is 9.68. The van der Waals surface area contributed by atoms with Gasteiger partial charge in [-0.05, 0) is 42.0 Å². The quantitative estimate of drug-likeness (QED) is 0.252. The minimum absolute atomic E-state index is 0.0103. The molecule has 1 amide bonds. The van der Waals surface area contributed by atoms with Gasteiger partial charge in [0.25, 0.3) is 0 Å². The van der Waals surface area contributed by atoms with E-state index in [9.17, 15) is 13.6 Å². The van der Waals surface area contributed by atoms with Gasteiger partial charge in [0.15, 0.2) is 5.82 Å². The maximum Gasteiger partial charge on any atom is 0.238 e. The average molecular weight is 599 g/mol. The minimum Gasteiger partial charge on any atom is -0.760 e. The second-order valence-electron chi connectivity index (χ2n) is 10.3. The molecule has 1 saturated carbocycles. The van der Waals surface area contributed by atoms with Crippen molar-refractivity contribution in [2.45, 2.75) is 44.8 Å². The molecule has 2 aliphatic rings. The summed E-state index contributed by atoms with van der Waals surface area (Å²) in [5.41, 5.74) is 3.35. The molecule has 5 rings (SSSR count). The maximum atomic E-state index is 12.8. The average Bonchev–Trinajstić information content (AvgIpc) is 3.11. The molecule has 0 radical (unpaired) electrons. The molecule has 0 saturated heterocycles. The van der Waals surface area contributed by atoms with E-state index in [4.69, 9.17) is 16.3 Å². The van der Waals surface area contributed by atoms with Crippen LogP contribution in [0, 0.1) is 5.92 Å². The zero-order valence-corrected chi connectivity index (χ0v) is 24.3. The highest BCUT2D eigenvalue weighted by atomic mass is 35.5. The van der Waals surface area contributed by atoms with Crippen LogP contribution in [0.5, 0.6) is 5.75 Å². The molecule has 13 heteroatoms. The molecule has 4 N–H and O–H groups in total. The fourth-order valence-corrected chi connectivity index (χ4v) is 5.92. The number of amides is 1. The predicted octanol–water partition coefficient (Wildman–Crippen LogP) is 4.19. The van der Waals surface area contributed by atoms with Crippen molar-refractivity contribution in [3.63, 3.8) is 0 Å². The predicted molar refractivity (Wildman–Crippen MR) is 159 cm³/mol. The lowest BCUT2D eigenvalue weighted by atomic mass is 9.84. The third-order valence-electron chi connectivity index (χ3n) is 7.39. The number of carbonyl (C=O) groups is 1. The third-order valence-corrected chi connectivity index (χ3v) is 8.07. The first-order valence-electron chi connectivity index (χ1n) is 13.5. The lowest BCUT2D eigenvalue weighted by Crippen LogP contribution is -2.39. The van der Waals surface area contributed by atoms with Gasteiger partial charge in [0, 0.05) is 42.6 Å². The summed E-state index contributed by atoms with van der Waals surface area (Å²) in [5, 5.41) is 10.00. The molecule has 1 aromatic heterocycles. The Hall–Kier alpha value is -3.29. The van der Waals surface area contributed by atoms with Gasteiger partial charge < -0.3 is 25.2 Å². The molecular weight excluding hydrogens is 566 g/mol. The molecular formula is C28H33ClN7O4S-. The van der Waals surface area contributed by atoms with E-state index in [1.54, 1.807) is 7.11 Å². The molecule has 218 valence electrons. The second kappa shape index (κ2) is 13.6. The van der Waals surface area contributed by atoms with Crippen LogP contribution in [0.25, 0.3) is 0 Å². The minimum atomic E-state index is -2.31. The van der Waals surface area contributed by atoms with Crippen LogP contribution in [0.3, 0.4) is 0 Å². The van der Waals surface area contributed by atoms with E-state index in [1.165, 1.54) is 6.20 Å². The number of benzene rings is 2. The molecule has 0 spiro atoms. The van der Waals surface area contributed by atoms with Crippen molar-refractivity contribution in [1.82, 2.24) is 19.6 Å². The number of carbonyl (C=O) groups excluding carboxylic acids is 1. The first-order chi connectivity index (χ1) is 19.9. The summed E-state index contributed by atoms with van der Waals surface area (Å²) in [6.45, 7) is 1.84. The van der Waals surface area contributed by atoms with E-state index in [1.807, 2.05) is 42.5 Å². The van der Waals surface area contributed by atoms with Gasteiger partial charge in [-0.2, -0.15) is 4.98 Å². The molecule has 3 aromatic rings. The molecule has 11 nitrogen and oxygen atoms in total.